The molecule has 0 spiro atoms. The molecule has 0 radical (unpaired) electrons. The van der Waals surface area contributed by atoms with Gasteiger partial charge in [-0.15, -0.1) is 0 Å². The first-order valence-electron chi connectivity index (χ1n) is 5.80. The van der Waals surface area contributed by atoms with Gasteiger partial charge in [0.1, 0.15) is 6.54 Å². The molecule has 0 atom stereocenters. The van der Waals surface area contributed by atoms with Gasteiger partial charge in [-0.05, 0) is 12.1 Å². The van der Waals surface area contributed by atoms with Gasteiger partial charge in [-0.25, -0.2) is 0 Å². The van der Waals surface area contributed by atoms with Crippen molar-refractivity contribution >= 4 is 16.7 Å². The van der Waals surface area contributed by atoms with Crippen molar-refractivity contribution < 1.29 is 4.79 Å². The van der Waals surface area contributed by atoms with E-state index in [0.717, 1.165) is 16.5 Å². The van der Waals surface area contributed by atoms with Gasteiger partial charge in [0.2, 0.25) is 0 Å². The number of aryl methyl sites for hydroxylation is 1. The van der Waals surface area contributed by atoms with E-state index < -0.39 is 0 Å². The van der Waals surface area contributed by atoms with Gasteiger partial charge in [0, 0.05) is 30.4 Å². The lowest BCUT2D eigenvalue weighted by molar-refractivity contribution is 0.0969. The van der Waals surface area contributed by atoms with Crippen molar-refractivity contribution in [1.82, 2.24) is 14.3 Å². The lowest BCUT2D eigenvalue weighted by atomic mass is 10.2. The summed E-state index contributed by atoms with van der Waals surface area (Å²) in [5.74, 6) is 0.0736. The Morgan fingerprint density at radius 1 is 1.28 bits per heavy atom. The molecule has 3 rings (SSSR count). The van der Waals surface area contributed by atoms with Crippen molar-refractivity contribution in [2.45, 2.75) is 6.54 Å². The highest BCUT2D eigenvalue weighted by Gasteiger charge is 2.10. The molecule has 4 heteroatoms. The predicted octanol–water partition coefficient (Wildman–Crippen LogP) is 2.26. The summed E-state index contributed by atoms with van der Waals surface area (Å²) in [7, 11) is 1.90. The van der Waals surface area contributed by atoms with Gasteiger partial charge in [-0.2, -0.15) is 5.10 Å². The van der Waals surface area contributed by atoms with Crippen LogP contribution in [0.25, 0.3) is 10.9 Å². The van der Waals surface area contributed by atoms with E-state index in [0.29, 0.717) is 0 Å². The van der Waals surface area contributed by atoms with E-state index in [1.165, 1.54) is 0 Å². The highest BCUT2D eigenvalue weighted by molar-refractivity contribution is 5.96. The minimum atomic E-state index is 0.0736. The molecule has 0 N–H and O–H groups in total. The first kappa shape index (κ1) is 10.8. The lowest BCUT2D eigenvalue weighted by Crippen LogP contribution is -2.10. The molecule has 0 saturated heterocycles. The van der Waals surface area contributed by atoms with Crippen LogP contribution < -0.4 is 0 Å². The summed E-state index contributed by atoms with van der Waals surface area (Å²) in [6, 6.07) is 9.71. The number of para-hydroxylation sites is 1. The van der Waals surface area contributed by atoms with Crippen molar-refractivity contribution in [1.29, 1.82) is 0 Å². The molecule has 0 saturated carbocycles. The molecule has 0 aliphatic rings. The van der Waals surface area contributed by atoms with E-state index in [-0.39, 0.29) is 12.3 Å². The molecule has 0 aliphatic carbocycles. The van der Waals surface area contributed by atoms with Gasteiger partial charge in [0.05, 0.1) is 11.7 Å². The quantitative estimate of drug-likeness (QED) is 0.658. The second kappa shape index (κ2) is 4.14. The molecular formula is C14H13N3O. The second-order valence-corrected chi connectivity index (χ2v) is 4.35. The maximum Gasteiger partial charge on any atom is 0.185 e. The minimum Gasteiger partial charge on any atom is -0.357 e. The van der Waals surface area contributed by atoms with Gasteiger partial charge >= 0.3 is 0 Å². The Kier molecular flexibility index (Phi) is 2.48. The van der Waals surface area contributed by atoms with Gasteiger partial charge < -0.3 is 4.57 Å². The number of rotatable bonds is 3. The predicted molar refractivity (Wildman–Crippen MR) is 69.5 cm³/mol. The van der Waals surface area contributed by atoms with Crippen LogP contribution >= 0.6 is 0 Å². The molecule has 18 heavy (non-hydrogen) atoms. The van der Waals surface area contributed by atoms with Crippen molar-refractivity contribution in [2.24, 2.45) is 7.05 Å². The fraction of sp³-hybridized carbons (Fsp3) is 0.143. The van der Waals surface area contributed by atoms with Crippen molar-refractivity contribution in [2.75, 3.05) is 0 Å². The van der Waals surface area contributed by atoms with Crippen LogP contribution in [0.1, 0.15) is 10.4 Å². The third kappa shape index (κ3) is 1.82. The van der Waals surface area contributed by atoms with Crippen LogP contribution in [0.4, 0.5) is 0 Å². The SMILES string of the molecule is Cn1ccc(C(=O)Cn2ncc3ccccc32)c1. The smallest absolute Gasteiger partial charge is 0.185 e. The van der Waals surface area contributed by atoms with Crippen LogP contribution in [0.2, 0.25) is 0 Å². The molecule has 4 nitrogen and oxygen atoms in total. The van der Waals surface area contributed by atoms with Crippen molar-refractivity contribution in [3.63, 3.8) is 0 Å². The molecule has 2 heterocycles. The molecule has 1 aromatic carbocycles. The maximum atomic E-state index is 12.1. The highest BCUT2D eigenvalue weighted by Crippen LogP contribution is 2.13. The van der Waals surface area contributed by atoms with E-state index >= 15 is 0 Å². The van der Waals surface area contributed by atoms with Crippen LogP contribution in [-0.2, 0) is 13.6 Å². The van der Waals surface area contributed by atoms with Crippen LogP contribution in [0, 0.1) is 0 Å². The number of aromatic nitrogens is 3. The lowest BCUT2D eigenvalue weighted by Gasteiger charge is -2.01. The molecule has 3 aromatic rings. The molecule has 0 fully saturated rings. The largest absolute Gasteiger partial charge is 0.357 e. The topological polar surface area (TPSA) is 39.8 Å². The number of carbonyl (C=O) groups is 1. The van der Waals surface area contributed by atoms with Crippen molar-refractivity contribution in [3.8, 4) is 0 Å². The number of Topliss-reactive ketones (excluding diaryl/α,β-unsaturated/α-hetero) is 1. The van der Waals surface area contributed by atoms with Crippen LogP contribution in [0.3, 0.4) is 0 Å². The Hall–Kier alpha value is -2.36. The Labute approximate surface area is 104 Å². The number of hydrogen-bond acceptors (Lipinski definition) is 2. The van der Waals surface area contributed by atoms with Gasteiger partial charge in [0.25, 0.3) is 0 Å². The van der Waals surface area contributed by atoms with Crippen LogP contribution in [0.5, 0.6) is 0 Å². The number of nitrogens with zero attached hydrogens (tertiary/aromatic N) is 3. The summed E-state index contributed by atoms with van der Waals surface area (Å²) in [6.45, 7) is 0.275. The number of carbonyl (C=O) groups excluding carboxylic acids is 1. The van der Waals surface area contributed by atoms with Gasteiger partial charge in [-0.3, -0.25) is 9.48 Å². The van der Waals surface area contributed by atoms with Gasteiger partial charge in [0.15, 0.2) is 5.78 Å². The zero-order chi connectivity index (χ0) is 12.5. The molecule has 2 aromatic heterocycles. The molecule has 0 aliphatic heterocycles. The molecule has 90 valence electrons. The summed E-state index contributed by atoms with van der Waals surface area (Å²) in [6.07, 6.45) is 5.48. The van der Waals surface area contributed by atoms with E-state index in [2.05, 4.69) is 5.10 Å². The summed E-state index contributed by atoms with van der Waals surface area (Å²) in [5, 5.41) is 5.31. The van der Waals surface area contributed by atoms with Crippen LogP contribution in [-0.4, -0.2) is 20.1 Å². The van der Waals surface area contributed by atoms with Crippen molar-refractivity contribution in [3.05, 3.63) is 54.5 Å². The normalized spacial score (nSPS) is 10.9. The third-order valence-electron chi connectivity index (χ3n) is 3.00. The highest BCUT2D eigenvalue weighted by atomic mass is 16.1. The number of hydrogen-bond donors (Lipinski definition) is 0. The molecule has 0 amide bonds. The number of fused-ring (bicyclic) bond motifs is 1. The maximum absolute atomic E-state index is 12.1. The van der Waals surface area contributed by atoms with E-state index in [1.54, 1.807) is 10.9 Å². The third-order valence-corrected chi connectivity index (χ3v) is 3.00. The van der Waals surface area contributed by atoms with E-state index in [4.69, 9.17) is 0 Å². The zero-order valence-corrected chi connectivity index (χ0v) is 10.1. The average Bonchev–Trinajstić information content (AvgIpc) is 2.97. The first-order chi connectivity index (χ1) is 8.74. The number of ketones is 1. The summed E-state index contributed by atoms with van der Waals surface area (Å²) in [5.41, 5.74) is 1.71. The average molecular weight is 239 g/mol. The Bertz CT molecular complexity index is 708. The van der Waals surface area contributed by atoms with Gasteiger partial charge in [-0.1, -0.05) is 18.2 Å². The van der Waals surface area contributed by atoms with E-state index in [1.807, 2.05) is 54.3 Å². The number of benzene rings is 1. The Balaban J connectivity index is 1.90. The minimum absolute atomic E-state index is 0.0736. The second-order valence-electron chi connectivity index (χ2n) is 4.35. The molecule has 0 unspecified atom stereocenters. The van der Waals surface area contributed by atoms with Crippen LogP contribution in [0.15, 0.2) is 48.9 Å². The summed E-state index contributed by atoms with van der Waals surface area (Å²) in [4.78, 5) is 12.1. The molecular weight excluding hydrogens is 226 g/mol. The summed E-state index contributed by atoms with van der Waals surface area (Å²) >= 11 is 0. The molecule has 0 bridgehead atoms. The van der Waals surface area contributed by atoms with E-state index in [9.17, 15) is 4.79 Å². The standard InChI is InChI=1S/C14H13N3O/c1-16-7-6-12(9-16)14(18)10-17-13-5-3-2-4-11(13)8-15-17/h2-9H,10H2,1H3. The fourth-order valence-electron chi connectivity index (χ4n) is 2.05. The Morgan fingerprint density at radius 2 is 2.11 bits per heavy atom. The Morgan fingerprint density at radius 3 is 2.89 bits per heavy atom. The first-order valence-corrected chi connectivity index (χ1v) is 5.80. The monoisotopic (exact) mass is 239 g/mol. The summed E-state index contributed by atoms with van der Waals surface area (Å²) < 4.78 is 3.61. The zero-order valence-electron chi connectivity index (χ0n) is 10.1. The fourth-order valence-corrected chi connectivity index (χ4v) is 2.05.